The van der Waals surface area contributed by atoms with Gasteiger partial charge >= 0.3 is 0 Å². The first-order valence-electron chi connectivity index (χ1n) is 12.8. The molecule has 0 bridgehead atoms. The summed E-state index contributed by atoms with van der Waals surface area (Å²) in [5.74, 6) is 5.57. The van der Waals surface area contributed by atoms with Crippen LogP contribution in [-0.2, 0) is 6.42 Å². The maximum absolute atomic E-state index is 10.6. The zero-order valence-electron chi connectivity index (χ0n) is 19.6. The summed E-state index contributed by atoms with van der Waals surface area (Å²) in [5.41, 5.74) is 3.28. The molecular formula is C27H42O2S2. The Hall–Kier alpha value is -0.320. The lowest BCUT2D eigenvalue weighted by Crippen LogP contribution is -2.43. The molecule has 0 aliphatic heterocycles. The molecule has 0 radical (unpaired) electrons. The van der Waals surface area contributed by atoms with Gasteiger partial charge in [0.2, 0.25) is 0 Å². The molecule has 0 spiro atoms. The van der Waals surface area contributed by atoms with Gasteiger partial charge in [-0.2, -0.15) is 0 Å². The van der Waals surface area contributed by atoms with Gasteiger partial charge in [-0.25, -0.2) is 0 Å². The Balaban J connectivity index is 1.22. The molecule has 31 heavy (non-hydrogen) atoms. The molecule has 1 N–H and O–H groups in total. The number of aliphatic hydroxyl groups excluding tert-OH is 1. The van der Waals surface area contributed by atoms with Gasteiger partial charge in [0, 0.05) is 11.5 Å². The zero-order valence-corrected chi connectivity index (χ0v) is 21.2. The molecular weight excluding hydrogens is 420 g/mol. The smallest absolute Gasteiger partial charge is 0.119 e. The molecule has 2 nitrogen and oxygen atoms in total. The molecule has 4 heteroatoms. The molecule has 0 amide bonds. The van der Waals surface area contributed by atoms with Crippen molar-refractivity contribution < 1.29 is 9.84 Å². The summed E-state index contributed by atoms with van der Waals surface area (Å²) in [6.45, 7) is 5.44. The van der Waals surface area contributed by atoms with Gasteiger partial charge in [-0.1, -0.05) is 67.2 Å². The molecule has 1 aromatic rings. The summed E-state index contributed by atoms with van der Waals surface area (Å²) in [5, 5.41) is 10.6. The Morgan fingerprint density at radius 1 is 1.03 bits per heavy atom. The Kier molecular flexibility index (Phi) is 8.61. The summed E-state index contributed by atoms with van der Waals surface area (Å²) in [7, 11) is 3.97. The van der Waals surface area contributed by atoms with Crippen LogP contribution in [0.15, 0.2) is 18.2 Å². The van der Waals surface area contributed by atoms with E-state index in [-0.39, 0.29) is 11.5 Å². The lowest BCUT2D eigenvalue weighted by atomic mass is 9.55. The fourth-order valence-electron chi connectivity index (χ4n) is 6.70. The van der Waals surface area contributed by atoms with E-state index in [9.17, 15) is 5.11 Å². The molecule has 0 saturated heterocycles. The van der Waals surface area contributed by atoms with Crippen LogP contribution in [0.4, 0.5) is 0 Å². The molecule has 2 saturated carbocycles. The van der Waals surface area contributed by atoms with Crippen molar-refractivity contribution in [1.29, 1.82) is 0 Å². The number of aryl methyl sites for hydroxylation is 1. The van der Waals surface area contributed by atoms with Crippen molar-refractivity contribution in [2.75, 3.05) is 18.1 Å². The van der Waals surface area contributed by atoms with Crippen molar-refractivity contribution in [3.63, 3.8) is 0 Å². The Bertz CT molecular complexity index is 708. The van der Waals surface area contributed by atoms with Crippen LogP contribution in [0.1, 0.15) is 95.1 Å². The molecule has 3 aliphatic carbocycles. The summed E-state index contributed by atoms with van der Waals surface area (Å²) < 4.78 is 6.10. The van der Waals surface area contributed by atoms with E-state index in [0.717, 1.165) is 30.4 Å². The lowest BCUT2D eigenvalue weighted by Gasteiger charge is -2.50. The number of unbranched alkanes of at least 4 members (excludes halogenated alkanes) is 4. The highest BCUT2D eigenvalue weighted by molar-refractivity contribution is 8.76. The molecule has 0 aromatic heterocycles. The molecule has 2 fully saturated rings. The minimum Gasteiger partial charge on any atom is -0.493 e. The van der Waals surface area contributed by atoms with Crippen LogP contribution in [0.2, 0.25) is 0 Å². The average Bonchev–Trinajstić information content (AvgIpc) is 3.09. The van der Waals surface area contributed by atoms with Crippen molar-refractivity contribution in [2.45, 2.75) is 96.5 Å². The number of aliphatic hydroxyl groups is 1. The first-order chi connectivity index (χ1) is 15.1. The zero-order chi connectivity index (χ0) is 21.7. The van der Waals surface area contributed by atoms with E-state index < -0.39 is 0 Å². The molecule has 5 atom stereocenters. The highest BCUT2D eigenvalue weighted by atomic mass is 33.1. The van der Waals surface area contributed by atoms with Crippen LogP contribution < -0.4 is 4.74 Å². The predicted octanol–water partition coefficient (Wildman–Crippen LogP) is 7.63. The quantitative estimate of drug-likeness (QED) is 0.270. The van der Waals surface area contributed by atoms with Gasteiger partial charge < -0.3 is 9.84 Å². The van der Waals surface area contributed by atoms with Gasteiger partial charge in [-0.15, -0.1) is 0 Å². The second-order valence-electron chi connectivity index (χ2n) is 10.3. The summed E-state index contributed by atoms with van der Waals surface area (Å²) in [6.07, 6.45) is 13.9. The van der Waals surface area contributed by atoms with Crippen molar-refractivity contribution >= 4 is 21.6 Å². The number of ether oxygens (including phenoxy) is 1. The predicted molar refractivity (Wildman–Crippen MR) is 136 cm³/mol. The van der Waals surface area contributed by atoms with Crippen LogP contribution in [0.3, 0.4) is 0 Å². The first kappa shape index (κ1) is 23.8. The van der Waals surface area contributed by atoms with Gasteiger partial charge in [0.05, 0.1) is 12.7 Å². The van der Waals surface area contributed by atoms with Crippen LogP contribution in [0.25, 0.3) is 0 Å². The number of benzene rings is 1. The molecule has 1 aromatic carbocycles. The average molecular weight is 463 g/mol. The fraction of sp³-hybridized carbons (Fsp3) is 0.778. The van der Waals surface area contributed by atoms with E-state index in [4.69, 9.17) is 4.74 Å². The van der Waals surface area contributed by atoms with Crippen molar-refractivity contribution in [3.8, 4) is 5.75 Å². The van der Waals surface area contributed by atoms with Crippen LogP contribution in [0, 0.1) is 17.3 Å². The van der Waals surface area contributed by atoms with E-state index in [1.54, 1.807) is 5.56 Å². The lowest BCUT2D eigenvalue weighted by molar-refractivity contribution is -0.0226. The number of hydrogen-bond donors (Lipinski definition) is 1. The van der Waals surface area contributed by atoms with Crippen molar-refractivity contribution in [2.24, 2.45) is 17.3 Å². The minimum atomic E-state index is -0.0762. The largest absolute Gasteiger partial charge is 0.493 e. The highest BCUT2D eigenvalue weighted by Gasteiger charge is 2.54. The maximum Gasteiger partial charge on any atom is 0.119 e. The summed E-state index contributed by atoms with van der Waals surface area (Å²) in [4.78, 5) is 0. The molecule has 5 unspecified atom stereocenters. The van der Waals surface area contributed by atoms with Gasteiger partial charge in [0.1, 0.15) is 5.75 Å². The number of fused-ring (bicyclic) bond motifs is 5. The van der Waals surface area contributed by atoms with Crippen molar-refractivity contribution in [3.05, 3.63) is 29.3 Å². The maximum atomic E-state index is 10.6. The van der Waals surface area contributed by atoms with E-state index in [2.05, 4.69) is 32.0 Å². The SMILES string of the molecule is CCCCCCCSSCCOc1ccc2c(c1)CCC1C2CCC2(C)C(O)CCC12. The topological polar surface area (TPSA) is 29.5 Å². The third-order valence-electron chi connectivity index (χ3n) is 8.50. The second kappa shape index (κ2) is 11.2. The molecule has 0 heterocycles. The summed E-state index contributed by atoms with van der Waals surface area (Å²) in [6, 6.07) is 6.91. The van der Waals surface area contributed by atoms with E-state index in [1.165, 1.54) is 75.5 Å². The Morgan fingerprint density at radius 2 is 1.87 bits per heavy atom. The second-order valence-corrected chi connectivity index (χ2v) is 13.0. The van der Waals surface area contributed by atoms with Gasteiger partial charge in [-0.05, 0) is 91.4 Å². The highest BCUT2D eigenvalue weighted by Crippen LogP contribution is 2.60. The standard InChI is InChI=1S/C27H42O2S2/c1-3-4-5-6-7-17-30-31-18-16-29-21-9-11-22-20(19-21)8-10-24-23(22)14-15-27(2)25(24)12-13-26(27)28/h9,11,19,23-26,28H,3-8,10,12-18H2,1-2H3. The fourth-order valence-corrected chi connectivity index (χ4v) is 8.67. The van der Waals surface area contributed by atoms with Crippen LogP contribution >= 0.6 is 21.6 Å². The van der Waals surface area contributed by atoms with Gasteiger partial charge in [0.25, 0.3) is 0 Å². The van der Waals surface area contributed by atoms with Crippen LogP contribution in [0.5, 0.6) is 5.75 Å². The van der Waals surface area contributed by atoms with Gasteiger partial charge in [0.15, 0.2) is 0 Å². The van der Waals surface area contributed by atoms with E-state index >= 15 is 0 Å². The van der Waals surface area contributed by atoms with E-state index in [0.29, 0.717) is 11.8 Å². The van der Waals surface area contributed by atoms with Crippen LogP contribution in [-0.4, -0.2) is 29.3 Å². The number of rotatable bonds is 11. The summed E-state index contributed by atoms with van der Waals surface area (Å²) >= 11 is 0. The minimum absolute atomic E-state index is 0.0762. The third-order valence-corrected chi connectivity index (χ3v) is 11.0. The Labute approximate surface area is 198 Å². The normalized spacial score (nSPS) is 31.7. The van der Waals surface area contributed by atoms with Gasteiger partial charge in [-0.3, -0.25) is 0 Å². The number of hydrogen-bond acceptors (Lipinski definition) is 4. The third kappa shape index (κ3) is 5.44. The van der Waals surface area contributed by atoms with E-state index in [1.807, 2.05) is 21.6 Å². The Morgan fingerprint density at radius 3 is 2.74 bits per heavy atom. The van der Waals surface area contributed by atoms with Crippen molar-refractivity contribution in [1.82, 2.24) is 0 Å². The molecule has 4 rings (SSSR count). The molecule has 174 valence electrons. The molecule has 3 aliphatic rings. The monoisotopic (exact) mass is 462 g/mol. The first-order valence-corrected chi connectivity index (χ1v) is 15.3.